The Bertz CT molecular complexity index is 7740. The Hall–Kier alpha value is -14.3. The molecule has 0 aromatic heterocycles. The highest BCUT2D eigenvalue weighted by molar-refractivity contribution is 7.26. The second-order valence-electron chi connectivity index (χ2n) is 39.5. The van der Waals surface area contributed by atoms with Crippen molar-refractivity contribution in [2.75, 3.05) is 0 Å². The lowest BCUT2D eigenvalue weighted by molar-refractivity contribution is 1.49. The maximum absolute atomic E-state index is 2.46. The lowest BCUT2D eigenvalue weighted by Crippen LogP contribution is -2.72. The Kier molecular flexibility index (Phi) is 23.3. The molecular formula is C132H116Si6. The Labute approximate surface area is 823 Å². The average Bonchev–Trinajstić information content (AvgIpc) is 1.51. The lowest BCUT2D eigenvalue weighted by Gasteiger charge is -2.31. The molecule has 0 aliphatic carbocycles. The summed E-state index contributed by atoms with van der Waals surface area (Å²) in [5.41, 5.74) is 31.1. The fraction of sp³-hybridized carbons (Fsp3) is 0.0909. The van der Waals surface area contributed by atoms with E-state index in [-0.39, 0.29) is 14.9 Å². The third-order valence-electron chi connectivity index (χ3n) is 31.0. The molecule has 138 heavy (non-hydrogen) atoms. The Morgan fingerprint density at radius 1 is 0.116 bits per heavy atom. The van der Waals surface area contributed by atoms with Gasteiger partial charge in [0.1, 0.15) is 16.1 Å². The summed E-state index contributed by atoms with van der Waals surface area (Å²) in [6.07, 6.45) is 0. The van der Waals surface area contributed by atoms with Gasteiger partial charge >= 0.3 is 0 Å². The van der Waals surface area contributed by atoms with Crippen LogP contribution in [0.25, 0.3) is 89.0 Å². The number of aryl methyl sites for hydroxylation is 6. The van der Waals surface area contributed by atoms with Gasteiger partial charge in [-0.15, -0.1) is 0 Å². The molecule has 2 spiro atoms. The summed E-state index contributed by atoms with van der Waals surface area (Å²) in [5, 5.41) is 30.7. The highest BCUT2D eigenvalue weighted by atomic mass is 28.3. The van der Waals surface area contributed by atoms with Crippen molar-refractivity contribution in [1.29, 1.82) is 0 Å². The number of rotatable bonds is 4. The summed E-state index contributed by atoms with van der Waals surface area (Å²) in [5.74, 6) is 0. The predicted molar refractivity (Wildman–Crippen MR) is 613 cm³/mol. The van der Waals surface area contributed by atoms with Crippen molar-refractivity contribution in [1.82, 2.24) is 0 Å². The van der Waals surface area contributed by atoms with Crippen molar-refractivity contribution in [3.8, 4) is 89.0 Å². The van der Waals surface area contributed by atoms with Crippen molar-refractivity contribution >= 4 is 152 Å². The van der Waals surface area contributed by atoms with Crippen LogP contribution < -0.4 is 104 Å². The molecule has 20 aromatic carbocycles. The maximum Gasteiger partial charge on any atom is 0.182 e. The quantitative estimate of drug-likeness (QED) is 0.154. The van der Waals surface area contributed by atoms with Crippen molar-refractivity contribution < 1.29 is 0 Å². The highest BCUT2D eigenvalue weighted by Crippen LogP contribution is 2.41. The first-order valence-electron chi connectivity index (χ1n) is 48.3. The molecule has 0 radical (unpaired) electrons. The molecule has 0 unspecified atom stereocenters. The van der Waals surface area contributed by atoms with E-state index in [0.29, 0.717) is 0 Å². The van der Waals surface area contributed by atoms with E-state index in [2.05, 4.69) is 541 Å². The molecule has 0 fully saturated rings. The van der Waals surface area contributed by atoms with Crippen LogP contribution in [-0.2, 0) is 0 Å². The summed E-state index contributed by atoms with van der Waals surface area (Å²) in [6.45, 7) is 23.0. The van der Waals surface area contributed by atoms with Gasteiger partial charge in [0.2, 0.25) is 0 Å². The first-order valence-corrected chi connectivity index (χ1v) is 62.3. The SMILES string of the molecule is C.C.Cc1ccc2c(c1)-c1ccccc1[Si]2(C)C.Cc1ccc2c(c1)-c1ccccc1[Si]2(c1ccccc1)c1ccccc1.Cc1ccc2c(c1)-c1ccccc1[Si]21c2ccccc2-c2ccccc21.Cc1ccc2c(c1)[Si](C)(C)c1ccccc1-2.Cc1ccc2c(c1)[Si](c1ccccc1)(c1ccccc1)c1ccccc1-2.Cc1ccc2c(c1)[Si]1(c3ccccc3-c3ccccc31)c1ccccc1-2. The van der Waals surface area contributed by atoms with Gasteiger partial charge in [-0.2, -0.15) is 0 Å². The second kappa shape index (κ2) is 35.7. The van der Waals surface area contributed by atoms with E-state index in [1.54, 1.807) is 62.2 Å². The van der Waals surface area contributed by atoms with E-state index in [1.807, 2.05) is 0 Å². The third-order valence-corrected chi connectivity index (χ3v) is 57.8. The summed E-state index contributed by atoms with van der Waals surface area (Å²) >= 11 is 0. The maximum atomic E-state index is 2.46. The summed E-state index contributed by atoms with van der Waals surface area (Å²) in [7, 11) is -11.7. The minimum Gasteiger partial charge on any atom is -0.0776 e. The number of benzene rings is 20. The smallest absolute Gasteiger partial charge is 0.0776 e. The second-order valence-corrected chi connectivity index (χ2v) is 62.9. The lowest BCUT2D eigenvalue weighted by atomic mass is 10.0. The molecule has 28 rings (SSSR count). The molecule has 20 aromatic rings. The van der Waals surface area contributed by atoms with E-state index < -0.39 is 48.4 Å². The van der Waals surface area contributed by atoms with Crippen molar-refractivity contribution in [3.05, 3.63) is 507 Å². The summed E-state index contributed by atoms with van der Waals surface area (Å²) in [4.78, 5) is 0. The Morgan fingerprint density at radius 2 is 0.268 bits per heavy atom. The number of hydrogen-bond acceptors (Lipinski definition) is 0. The molecule has 6 heteroatoms. The first-order chi connectivity index (χ1) is 66.5. The zero-order valence-electron chi connectivity index (χ0n) is 79.0. The van der Waals surface area contributed by atoms with Crippen LogP contribution in [0.4, 0.5) is 0 Å². The fourth-order valence-corrected chi connectivity index (χ4v) is 53.2. The molecule has 0 saturated carbocycles. The van der Waals surface area contributed by atoms with Crippen LogP contribution in [0.1, 0.15) is 48.2 Å². The van der Waals surface area contributed by atoms with Gasteiger partial charge in [0.15, 0.2) is 32.3 Å². The van der Waals surface area contributed by atoms with Gasteiger partial charge in [-0.25, -0.2) is 0 Å². The van der Waals surface area contributed by atoms with Gasteiger partial charge in [0.25, 0.3) is 0 Å². The van der Waals surface area contributed by atoms with Crippen LogP contribution in [-0.4, -0.2) is 48.4 Å². The first kappa shape index (κ1) is 90.2. The monoisotopic (exact) mass is 1870 g/mol. The topological polar surface area (TPSA) is 0 Å². The molecule has 0 N–H and O–H groups in total. The largest absolute Gasteiger partial charge is 0.182 e. The standard InChI is InChI=1S/2C25H18Si.2C25H20Si.2C15H16Si.2CH4/c1-17-14-15-25-21(16-17)20-10-4-7-13-24(20)26(25)22-11-5-2-8-18(22)19-9-3-6-12-23(19)26;1-17-14-15-21-20-10-4-7-13-24(20)26(25(21)16-17)22-11-5-2-8-18(22)19-9-3-6-12-23(19)26;1-19-16-17-25-23(18-19)22-14-8-9-15-24(22)26(25,20-10-4-2-5-11-20)21-12-6-3-7-13-21;1-19-16-17-23-22-14-8-9-15-24(22)26(25(23)18-19,20-10-4-2-5-11-20)21-12-6-3-7-13-21;1-11-8-9-15-13(10-11)12-6-4-5-7-14(12)16(15,2)3;1-11-8-9-13-12-6-4-5-7-14(12)16(2,3)15(13)10-11;;/h2*2-16H,1H3;2*2-18H,1H3;2*4-10H,1-3H3;2*1H4. The molecular weight excluding hydrogens is 1750 g/mol. The van der Waals surface area contributed by atoms with Gasteiger partial charge < -0.3 is 0 Å². The molecule has 668 valence electrons. The van der Waals surface area contributed by atoms with Crippen LogP contribution >= 0.6 is 0 Å². The number of hydrogen-bond donors (Lipinski definition) is 0. The predicted octanol–water partition coefficient (Wildman–Crippen LogP) is 20.2. The van der Waals surface area contributed by atoms with Gasteiger partial charge in [-0.1, -0.05) is 548 Å². The molecule has 0 amide bonds. The highest BCUT2D eigenvalue weighted by Gasteiger charge is 2.57. The summed E-state index contributed by atoms with van der Waals surface area (Å²) < 4.78 is 0. The van der Waals surface area contributed by atoms with Gasteiger partial charge in [-0.05, 0) is 234 Å². The van der Waals surface area contributed by atoms with Gasteiger partial charge in [0.05, 0.1) is 0 Å². The Morgan fingerprint density at radius 3 is 0.572 bits per heavy atom. The minimum atomic E-state index is -2.26. The fourth-order valence-electron chi connectivity index (χ4n) is 25.2. The van der Waals surface area contributed by atoms with Crippen LogP contribution in [0.5, 0.6) is 0 Å². The summed E-state index contributed by atoms with van der Waals surface area (Å²) in [6, 6.07) is 177. The third kappa shape index (κ3) is 13.9. The molecule has 8 aliphatic rings. The zero-order valence-corrected chi connectivity index (χ0v) is 85.0. The van der Waals surface area contributed by atoms with Crippen LogP contribution in [0.2, 0.25) is 26.2 Å². The van der Waals surface area contributed by atoms with Crippen molar-refractivity contribution in [2.24, 2.45) is 0 Å². The van der Waals surface area contributed by atoms with Gasteiger partial charge in [-0.3, -0.25) is 0 Å². The molecule has 0 saturated heterocycles. The van der Waals surface area contributed by atoms with E-state index in [4.69, 9.17) is 0 Å². The number of fused-ring (bicyclic) bond motifs is 32. The van der Waals surface area contributed by atoms with E-state index in [0.717, 1.165) is 0 Å². The molecule has 8 aliphatic heterocycles. The zero-order chi connectivity index (χ0) is 92.4. The molecule has 0 nitrogen and oxygen atoms in total. The molecule has 0 bridgehead atoms. The van der Waals surface area contributed by atoms with Gasteiger partial charge in [0, 0.05) is 0 Å². The molecule has 0 atom stereocenters. The van der Waals surface area contributed by atoms with E-state index in [1.165, 1.54) is 164 Å². The molecule has 8 heterocycles. The normalized spacial score (nSPS) is 14.4. The van der Waals surface area contributed by atoms with Crippen molar-refractivity contribution in [3.63, 3.8) is 0 Å². The Balaban J connectivity index is 0.0000000994. The average molecular weight is 1870 g/mol. The van der Waals surface area contributed by atoms with Crippen LogP contribution in [0, 0.1) is 41.5 Å². The van der Waals surface area contributed by atoms with E-state index in [9.17, 15) is 0 Å². The minimum absolute atomic E-state index is 0. The van der Waals surface area contributed by atoms with E-state index >= 15 is 0 Å². The van der Waals surface area contributed by atoms with Crippen LogP contribution in [0.3, 0.4) is 0 Å². The van der Waals surface area contributed by atoms with Crippen molar-refractivity contribution in [2.45, 2.75) is 82.6 Å². The van der Waals surface area contributed by atoms with Crippen LogP contribution in [0.15, 0.2) is 473 Å².